The molecule has 0 radical (unpaired) electrons. The molecule has 0 aromatic rings. The minimum atomic E-state index is -1.97. The minimum Gasteiger partial charge on any atom is -0.480 e. The second kappa shape index (κ2) is 12.5. The fourth-order valence-electron chi connectivity index (χ4n) is 2.83. The van der Waals surface area contributed by atoms with Crippen molar-refractivity contribution in [2.24, 2.45) is 0 Å². The Balaban J connectivity index is 2.69. The van der Waals surface area contributed by atoms with Gasteiger partial charge in [-0.3, -0.25) is 24.1 Å². The number of carbonyl (C=O) groups is 4. The smallest absolute Gasteiger partial charge is 0.317 e. The van der Waals surface area contributed by atoms with Gasteiger partial charge in [0.05, 0.1) is 19.1 Å². The number of hydrogen-bond donors (Lipinski definition) is 4. The standard InChI is InChI=1S/C19H27NO8S/c1-2-3-4-5-12-6-16(22)13(7-15(12)21)10-29-11-14(19(27)28)20(8-17(23)24)9-18(25)26/h6-7,14,19,27-28H,2-5,8-11H2,1H3,(H,23,24)(H,25,26). The maximum atomic E-state index is 12.2. The first kappa shape index (κ1) is 25.0. The summed E-state index contributed by atoms with van der Waals surface area (Å²) in [7, 11) is 0. The zero-order valence-corrected chi connectivity index (χ0v) is 17.1. The molecule has 1 rings (SSSR count). The number of aliphatic carboxylic acids is 2. The molecule has 0 heterocycles. The van der Waals surface area contributed by atoms with Crippen LogP contribution < -0.4 is 0 Å². The van der Waals surface area contributed by atoms with Gasteiger partial charge in [-0.25, -0.2) is 0 Å². The molecule has 0 saturated heterocycles. The number of hydrogen-bond acceptors (Lipinski definition) is 8. The van der Waals surface area contributed by atoms with Crippen LogP contribution in [0.2, 0.25) is 0 Å². The maximum Gasteiger partial charge on any atom is 0.317 e. The highest BCUT2D eigenvalue weighted by Crippen LogP contribution is 2.21. The molecule has 0 aromatic heterocycles. The summed E-state index contributed by atoms with van der Waals surface area (Å²) in [5.74, 6) is -3.03. The third-order valence-corrected chi connectivity index (χ3v) is 5.42. The molecule has 0 spiro atoms. The van der Waals surface area contributed by atoms with Crippen molar-refractivity contribution >= 4 is 35.3 Å². The highest BCUT2D eigenvalue weighted by Gasteiger charge is 2.29. The van der Waals surface area contributed by atoms with Crippen LogP contribution in [0.1, 0.15) is 32.6 Å². The second-order valence-corrected chi connectivity index (χ2v) is 7.74. The van der Waals surface area contributed by atoms with Gasteiger partial charge < -0.3 is 20.4 Å². The first-order valence-electron chi connectivity index (χ1n) is 9.27. The molecule has 162 valence electrons. The highest BCUT2D eigenvalue weighted by molar-refractivity contribution is 7.99. The second-order valence-electron chi connectivity index (χ2n) is 6.71. The Hall–Kier alpha value is -2.01. The van der Waals surface area contributed by atoms with Gasteiger partial charge in [0.15, 0.2) is 17.9 Å². The highest BCUT2D eigenvalue weighted by atomic mass is 32.2. The number of ketones is 2. The molecule has 0 saturated carbocycles. The predicted octanol–water partition coefficient (Wildman–Crippen LogP) is 0.455. The summed E-state index contributed by atoms with van der Waals surface area (Å²) in [6.45, 7) is 0.681. The Morgan fingerprint density at radius 1 is 1.00 bits per heavy atom. The molecule has 10 heteroatoms. The normalized spacial score (nSPS) is 15.5. The SMILES string of the molecule is CCCCCC1=CC(=O)C(CSCC(C(O)O)N(CC(=O)O)CC(=O)O)=CC1=O. The number of aliphatic hydroxyl groups is 2. The van der Waals surface area contributed by atoms with Crippen LogP contribution in [0, 0.1) is 0 Å². The van der Waals surface area contributed by atoms with E-state index in [1.165, 1.54) is 12.2 Å². The van der Waals surface area contributed by atoms with E-state index in [0.717, 1.165) is 35.9 Å². The molecule has 1 aliphatic carbocycles. The number of aliphatic hydroxyl groups excluding tert-OH is 1. The molecule has 4 N–H and O–H groups in total. The van der Waals surface area contributed by atoms with E-state index in [1.807, 2.05) is 6.92 Å². The van der Waals surface area contributed by atoms with Gasteiger partial charge >= 0.3 is 11.9 Å². The molecule has 0 fully saturated rings. The molecule has 1 unspecified atom stereocenters. The summed E-state index contributed by atoms with van der Waals surface area (Å²) in [6, 6.07) is -1.16. The van der Waals surface area contributed by atoms with E-state index in [1.54, 1.807) is 0 Å². The van der Waals surface area contributed by atoms with Gasteiger partial charge in [0.1, 0.15) is 0 Å². The lowest BCUT2D eigenvalue weighted by Gasteiger charge is -2.30. The quantitative estimate of drug-likeness (QED) is 0.174. The van der Waals surface area contributed by atoms with Gasteiger partial charge in [0, 0.05) is 22.7 Å². The van der Waals surface area contributed by atoms with Crippen molar-refractivity contribution in [3.8, 4) is 0 Å². The third kappa shape index (κ3) is 8.90. The molecule has 9 nitrogen and oxygen atoms in total. The Bertz CT molecular complexity index is 670. The van der Waals surface area contributed by atoms with Crippen LogP contribution in [0.5, 0.6) is 0 Å². The number of unbranched alkanes of at least 4 members (excludes halogenated alkanes) is 2. The molecule has 0 bridgehead atoms. The van der Waals surface area contributed by atoms with E-state index in [4.69, 9.17) is 10.2 Å². The Labute approximate surface area is 173 Å². The summed E-state index contributed by atoms with van der Waals surface area (Å²) in [4.78, 5) is 47.2. The van der Waals surface area contributed by atoms with Gasteiger partial charge in [-0.1, -0.05) is 19.8 Å². The predicted molar refractivity (Wildman–Crippen MR) is 107 cm³/mol. The number of allylic oxidation sites excluding steroid dienone is 3. The number of carbonyl (C=O) groups excluding carboxylic acids is 2. The van der Waals surface area contributed by atoms with Crippen molar-refractivity contribution in [3.63, 3.8) is 0 Å². The largest absolute Gasteiger partial charge is 0.480 e. The molecule has 29 heavy (non-hydrogen) atoms. The van der Waals surface area contributed by atoms with Gasteiger partial charge in [-0.2, -0.15) is 11.8 Å². The Morgan fingerprint density at radius 2 is 1.55 bits per heavy atom. The topological polar surface area (TPSA) is 152 Å². The van der Waals surface area contributed by atoms with Gasteiger partial charge in [-0.05, 0) is 25.0 Å². The number of carboxylic acids is 2. The van der Waals surface area contributed by atoms with Crippen molar-refractivity contribution in [3.05, 3.63) is 23.3 Å². The van der Waals surface area contributed by atoms with Crippen molar-refractivity contribution < 1.29 is 39.6 Å². The van der Waals surface area contributed by atoms with Crippen LogP contribution >= 0.6 is 11.8 Å². The fourth-order valence-corrected chi connectivity index (χ4v) is 4.01. The van der Waals surface area contributed by atoms with E-state index in [2.05, 4.69) is 0 Å². The molecular formula is C19H27NO8S. The number of thioether (sulfide) groups is 1. The van der Waals surface area contributed by atoms with Crippen molar-refractivity contribution in [2.75, 3.05) is 24.6 Å². The zero-order valence-electron chi connectivity index (χ0n) is 16.2. The molecule has 1 atom stereocenters. The first-order chi connectivity index (χ1) is 13.6. The molecule has 1 aliphatic rings. The average Bonchev–Trinajstić information content (AvgIpc) is 2.60. The lowest BCUT2D eigenvalue weighted by Crippen LogP contribution is -2.49. The van der Waals surface area contributed by atoms with Crippen molar-refractivity contribution in [1.29, 1.82) is 0 Å². The van der Waals surface area contributed by atoms with E-state index in [0.29, 0.717) is 12.0 Å². The summed E-state index contributed by atoms with van der Waals surface area (Å²) in [6.07, 6.45) is 4.02. The monoisotopic (exact) mass is 429 g/mol. The minimum absolute atomic E-state index is 0.0376. The first-order valence-corrected chi connectivity index (χ1v) is 10.4. The molecular weight excluding hydrogens is 402 g/mol. The van der Waals surface area contributed by atoms with Crippen LogP contribution in [-0.4, -0.2) is 85.8 Å². The van der Waals surface area contributed by atoms with Crippen LogP contribution in [0.4, 0.5) is 0 Å². The average molecular weight is 429 g/mol. The maximum absolute atomic E-state index is 12.2. The van der Waals surface area contributed by atoms with Gasteiger partial charge in [0.25, 0.3) is 0 Å². The number of carboxylic acid groups (broad SMARTS) is 2. The van der Waals surface area contributed by atoms with Gasteiger partial charge in [0.2, 0.25) is 0 Å². The van der Waals surface area contributed by atoms with Crippen molar-refractivity contribution in [2.45, 2.75) is 44.9 Å². The molecule has 0 aromatic carbocycles. The van der Waals surface area contributed by atoms with Crippen LogP contribution in [0.3, 0.4) is 0 Å². The summed E-state index contributed by atoms with van der Waals surface area (Å²) in [5.41, 5.74) is 0.753. The third-order valence-electron chi connectivity index (χ3n) is 4.33. The van der Waals surface area contributed by atoms with Crippen LogP contribution in [0.25, 0.3) is 0 Å². The number of nitrogens with zero attached hydrogens (tertiary/aromatic N) is 1. The lowest BCUT2D eigenvalue weighted by atomic mass is 9.94. The van der Waals surface area contributed by atoms with E-state index in [-0.39, 0.29) is 28.6 Å². The molecule has 0 aliphatic heterocycles. The summed E-state index contributed by atoms with van der Waals surface area (Å²) >= 11 is 1.09. The summed E-state index contributed by atoms with van der Waals surface area (Å²) in [5, 5.41) is 36.9. The Kier molecular flexibility index (Phi) is 10.8. The molecule has 0 amide bonds. The number of rotatable bonds is 14. The zero-order chi connectivity index (χ0) is 22.0. The van der Waals surface area contributed by atoms with Crippen molar-refractivity contribution in [1.82, 2.24) is 4.90 Å². The van der Waals surface area contributed by atoms with Gasteiger partial charge in [-0.15, -0.1) is 0 Å². The van der Waals surface area contributed by atoms with Crippen LogP contribution in [-0.2, 0) is 19.2 Å². The fraction of sp³-hybridized carbons (Fsp3) is 0.579. The summed E-state index contributed by atoms with van der Waals surface area (Å²) < 4.78 is 0. The Morgan fingerprint density at radius 3 is 2.07 bits per heavy atom. The van der Waals surface area contributed by atoms with Crippen LogP contribution in [0.15, 0.2) is 23.3 Å². The lowest BCUT2D eigenvalue weighted by molar-refractivity contribution is -0.148. The van der Waals surface area contributed by atoms with E-state index in [9.17, 15) is 29.4 Å². The van der Waals surface area contributed by atoms with E-state index >= 15 is 0 Å². The van der Waals surface area contributed by atoms with E-state index < -0.39 is 37.4 Å².